The summed E-state index contributed by atoms with van der Waals surface area (Å²) < 4.78 is 16.4. The number of para-hydroxylation sites is 1. The Morgan fingerprint density at radius 3 is 2.29 bits per heavy atom. The van der Waals surface area contributed by atoms with Crippen LogP contribution >= 0.6 is 0 Å². The summed E-state index contributed by atoms with van der Waals surface area (Å²) in [6.45, 7) is 0.376. The van der Waals surface area contributed by atoms with Crippen LogP contribution in [0.15, 0.2) is 78.9 Å². The molecule has 0 atom stereocenters. The van der Waals surface area contributed by atoms with E-state index in [0.717, 1.165) is 28.4 Å². The maximum absolute atomic E-state index is 12.4. The molecular weight excluding hydrogens is 352 g/mol. The van der Waals surface area contributed by atoms with Crippen LogP contribution in [0.1, 0.15) is 21.5 Å². The average Bonchev–Trinajstić information content (AvgIpc) is 2.76. The molecule has 0 heterocycles. The van der Waals surface area contributed by atoms with Crippen LogP contribution in [0.4, 0.5) is 0 Å². The lowest BCUT2D eigenvalue weighted by atomic mass is 10.1. The van der Waals surface area contributed by atoms with Gasteiger partial charge >= 0.3 is 0 Å². The molecular formula is C24H22O4. The van der Waals surface area contributed by atoms with Crippen molar-refractivity contribution in [2.75, 3.05) is 14.2 Å². The second-order valence-electron chi connectivity index (χ2n) is 6.10. The Bertz CT molecular complexity index is 944. The molecule has 0 bridgehead atoms. The second kappa shape index (κ2) is 9.42. The van der Waals surface area contributed by atoms with Crippen molar-refractivity contribution in [3.63, 3.8) is 0 Å². The van der Waals surface area contributed by atoms with E-state index in [0.29, 0.717) is 12.2 Å². The summed E-state index contributed by atoms with van der Waals surface area (Å²) in [5.41, 5.74) is 2.41. The van der Waals surface area contributed by atoms with Gasteiger partial charge in [0.05, 0.1) is 14.2 Å². The van der Waals surface area contributed by atoms with Crippen LogP contribution in [0.3, 0.4) is 0 Å². The first-order valence-electron chi connectivity index (χ1n) is 8.91. The normalized spacial score (nSPS) is 10.6. The highest BCUT2D eigenvalue weighted by atomic mass is 16.5. The van der Waals surface area contributed by atoms with E-state index in [-0.39, 0.29) is 5.78 Å². The minimum atomic E-state index is -0.0689. The minimum Gasteiger partial charge on any atom is -0.497 e. The topological polar surface area (TPSA) is 44.8 Å². The highest BCUT2D eigenvalue weighted by Crippen LogP contribution is 2.23. The maximum atomic E-state index is 12.4. The van der Waals surface area contributed by atoms with Gasteiger partial charge in [-0.15, -0.1) is 0 Å². The molecule has 0 aliphatic heterocycles. The highest BCUT2D eigenvalue weighted by molar-refractivity contribution is 6.06. The van der Waals surface area contributed by atoms with Gasteiger partial charge in [0.2, 0.25) is 0 Å². The predicted molar refractivity (Wildman–Crippen MR) is 110 cm³/mol. The predicted octanol–water partition coefficient (Wildman–Crippen LogP) is 5.18. The van der Waals surface area contributed by atoms with Crippen molar-refractivity contribution in [1.82, 2.24) is 0 Å². The molecule has 0 aliphatic rings. The van der Waals surface area contributed by atoms with E-state index < -0.39 is 0 Å². The standard InChI is InChI=1S/C24H22O4/c1-26-21-12-10-19(11-13-21)23(25)14-8-18-9-15-24(27-2)20(16-18)17-28-22-6-4-3-5-7-22/h3-16H,17H2,1-2H3/b14-8+. The van der Waals surface area contributed by atoms with Gasteiger partial charge in [-0.1, -0.05) is 30.3 Å². The Morgan fingerprint density at radius 1 is 0.857 bits per heavy atom. The number of hydrogen-bond donors (Lipinski definition) is 0. The zero-order valence-corrected chi connectivity index (χ0v) is 15.9. The molecule has 0 saturated heterocycles. The first kappa shape index (κ1) is 19.2. The minimum absolute atomic E-state index is 0.0689. The molecule has 0 spiro atoms. The molecule has 3 rings (SSSR count). The SMILES string of the molecule is COc1ccc(C(=O)/C=C/c2ccc(OC)c(COc3ccccc3)c2)cc1. The smallest absolute Gasteiger partial charge is 0.185 e. The van der Waals surface area contributed by atoms with Gasteiger partial charge in [-0.05, 0) is 60.2 Å². The van der Waals surface area contributed by atoms with E-state index in [2.05, 4.69) is 0 Å². The van der Waals surface area contributed by atoms with Crippen molar-refractivity contribution in [2.45, 2.75) is 6.61 Å². The molecule has 0 fully saturated rings. The summed E-state index contributed by atoms with van der Waals surface area (Å²) in [4.78, 5) is 12.4. The van der Waals surface area contributed by atoms with Crippen molar-refractivity contribution in [1.29, 1.82) is 0 Å². The van der Waals surface area contributed by atoms with Gasteiger partial charge in [-0.3, -0.25) is 4.79 Å². The van der Waals surface area contributed by atoms with Crippen molar-refractivity contribution in [3.8, 4) is 17.2 Å². The molecule has 3 aromatic carbocycles. The van der Waals surface area contributed by atoms with E-state index in [1.165, 1.54) is 0 Å². The second-order valence-corrected chi connectivity index (χ2v) is 6.10. The van der Waals surface area contributed by atoms with Gasteiger partial charge in [0.1, 0.15) is 23.9 Å². The number of carbonyl (C=O) groups is 1. The Hall–Kier alpha value is -3.53. The van der Waals surface area contributed by atoms with E-state index >= 15 is 0 Å². The van der Waals surface area contributed by atoms with Crippen LogP contribution in [-0.2, 0) is 6.61 Å². The summed E-state index contributed by atoms with van der Waals surface area (Å²) in [7, 11) is 3.23. The third-order valence-electron chi connectivity index (χ3n) is 4.24. The van der Waals surface area contributed by atoms with Gasteiger partial charge in [-0.25, -0.2) is 0 Å². The lowest BCUT2D eigenvalue weighted by Gasteiger charge is -2.11. The van der Waals surface area contributed by atoms with Gasteiger partial charge in [0, 0.05) is 11.1 Å². The molecule has 0 aromatic heterocycles. The van der Waals surface area contributed by atoms with E-state index in [1.807, 2.05) is 48.5 Å². The Balaban J connectivity index is 1.72. The number of benzene rings is 3. The fourth-order valence-corrected chi connectivity index (χ4v) is 2.72. The third kappa shape index (κ3) is 5.01. The van der Waals surface area contributed by atoms with Crippen LogP contribution in [0, 0.1) is 0 Å². The zero-order chi connectivity index (χ0) is 19.8. The van der Waals surface area contributed by atoms with Crippen LogP contribution in [0.5, 0.6) is 17.2 Å². The highest BCUT2D eigenvalue weighted by Gasteiger charge is 2.06. The fraction of sp³-hybridized carbons (Fsp3) is 0.125. The molecule has 0 radical (unpaired) electrons. The van der Waals surface area contributed by atoms with Crippen molar-refractivity contribution in [2.24, 2.45) is 0 Å². The Labute approximate surface area is 165 Å². The van der Waals surface area contributed by atoms with Crippen LogP contribution in [0.2, 0.25) is 0 Å². The van der Waals surface area contributed by atoms with Crippen LogP contribution < -0.4 is 14.2 Å². The molecule has 0 aliphatic carbocycles. The lowest BCUT2D eigenvalue weighted by molar-refractivity contribution is 0.104. The summed E-state index contributed by atoms with van der Waals surface area (Å²) >= 11 is 0. The van der Waals surface area contributed by atoms with Crippen molar-refractivity contribution < 1.29 is 19.0 Å². The third-order valence-corrected chi connectivity index (χ3v) is 4.24. The number of hydrogen-bond acceptors (Lipinski definition) is 4. The Kier molecular flexibility index (Phi) is 6.47. The summed E-state index contributed by atoms with van der Waals surface area (Å²) in [5, 5.41) is 0. The summed E-state index contributed by atoms with van der Waals surface area (Å²) in [6.07, 6.45) is 3.35. The average molecular weight is 374 g/mol. The van der Waals surface area contributed by atoms with E-state index in [1.54, 1.807) is 50.6 Å². The number of ether oxygens (including phenoxy) is 3. The molecule has 0 saturated carbocycles. The molecule has 4 heteroatoms. The summed E-state index contributed by atoms with van der Waals surface area (Å²) in [6, 6.07) is 22.4. The molecule has 3 aromatic rings. The molecule has 0 N–H and O–H groups in total. The van der Waals surface area contributed by atoms with E-state index in [9.17, 15) is 4.79 Å². The van der Waals surface area contributed by atoms with Crippen molar-refractivity contribution >= 4 is 11.9 Å². The van der Waals surface area contributed by atoms with Gasteiger partial charge in [-0.2, -0.15) is 0 Å². The molecule has 4 nitrogen and oxygen atoms in total. The first-order chi connectivity index (χ1) is 13.7. The molecule has 142 valence electrons. The molecule has 0 unspecified atom stereocenters. The zero-order valence-electron chi connectivity index (χ0n) is 15.9. The van der Waals surface area contributed by atoms with Gasteiger partial charge in [0.25, 0.3) is 0 Å². The summed E-state index contributed by atoms with van der Waals surface area (Å²) in [5.74, 6) is 2.19. The number of carbonyl (C=O) groups excluding carboxylic acids is 1. The number of methoxy groups -OCH3 is 2. The fourth-order valence-electron chi connectivity index (χ4n) is 2.72. The lowest BCUT2D eigenvalue weighted by Crippen LogP contribution is -1.99. The molecule has 0 amide bonds. The van der Waals surface area contributed by atoms with E-state index in [4.69, 9.17) is 14.2 Å². The largest absolute Gasteiger partial charge is 0.497 e. The quantitative estimate of drug-likeness (QED) is 0.403. The number of ketones is 1. The number of allylic oxidation sites excluding steroid dienone is 1. The number of rotatable bonds is 8. The van der Waals surface area contributed by atoms with Gasteiger partial charge in [0.15, 0.2) is 5.78 Å². The van der Waals surface area contributed by atoms with Crippen LogP contribution in [0.25, 0.3) is 6.08 Å². The first-order valence-corrected chi connectivity index (χ1v) is 8.91. The maximum Gasteiger partial charge on any atom is 0.185 e. The molecule has 28 heavy (non-hydrogen) atoms. The van der Waals surface area contributed by atoms with Crippen molar-refractivity contribution in [3.05, 3.63) is 95.6 Å². The monoisotopic (exact) mass is 374 g/mol. The van der Waals surface area contributed by atoms with Gasteiger partial charge < -0.3 is 14.2 Å². The Morgan fingerprint density at radius 2 is 1.61 bits per heavy atom. The van der Waals surface area contributed by atoms with Crippen LogP contribution in [-0.4, -0.2) is 20.0 Å².